The molecular weight excluding hydrogens is 310 g/mol. The van der Waals surface area contributed by atoms with Crippen LogP contribution in [0.4, 0.5) is 0 Å². The smallest absolute Gasteiger partial charge is 0.238 e. The average molecular weight is 325 g/mol. The van der Waals surface area contributed by atoms with Gasteiger partial charge in [0.05, 0.1) is 12.1 Å². The molecule has 0 radical (unpaired) electrons. The van der Waals surface area contributed by atoms with Crippen molar-refractivity contribution in [3.63, 3.8) is 0 Å². The molecule has 2 aromatic heterocycles. The second-order valence-corrected chi connectivity index (χ2v) is 7.48. The molecule has 0 saturated carbocycles. The van der Waals surface area contributed by atoms with Crippen LogP contribution in [-0.4, -0.2) is 28.6 Å². The zero-order valence-corrected chi connectivity index (χ0v) is 13.2. The largest absolute Gasteiger partial charge is 0.345 e. The summed E-state index contributed by atoms with van der Waals surface area (Å²) >= 11 is 5.06. The highest BCUT2D eigenvalue weighted by molar-refractivity contribution is 7.99. The highest BCUT2D eigenvalue weighted by atomic mass is 32.2. The van der Waals surface area contributed by atoms with Crippen LogP contribution in [0.15, 0.2) is 29.1 Å². The van der Waals surface area contributed by atoms with E-state index in [0.29, 0.717) is 0 Å². The van der Waals surface area contributed by atoms with Gasteiger partial charge in [0.1, 0.15) is 5.01 Å². The number of aromatic nitrogens is 1. The highest BCUT2D eigenvalue weighted by Crippen LogP contribution is 2.23. The second-order valence-electron chi connectivity index (χ2n) is 4.49. The normalized spacial score (nSPS) is 19.9. The van der Waals surface area contributed by atoms with Crippen LogP contribution in [0.25, 0.3) is 0 Å². The molecule has 3 rings (SSSR count). The van der Waals surface area contributed by atoms with Crippen molar-refractivity contribution in [3.8, 4) is 0 Å². The fourth-order valence-electron chi connectivity index (χ4n) is 2.07. The van der Waals surface area contributed by atoms with Crippen molar-refractivity contribution in [1.29, 1.82) is 0 Å². The molecule has 2 aromatic rings. The Kier molecular flexibility index (Phi) is 4.72. The average Bonchev–Trinajstić information content (AvgIpc) is 3.20. The van der Waals surface area contributed by atoms with Gasteiger partial charge in [-0.2, -0.15) is 0 Å². The van der Waals surface area contributed by atoms with Crippen molar-refractivity contribution in [2.45, 2.75) is 18.5 Å². The van der Waals surface area contributed by atoms with E-state index in [1.54, 1.807) is 40.6 Å². The first-order chi connectivity index (χ1) is 9.83. The van der Waals surface area contributed by atoms with Crippen molar-refractivity contribution >= 4 is 40.3 Å². The van der Waals surface area contributed by atoms with Crippen LogP contribution in [-0.2, 0) is 11.2 Å². The summed E-state index contributed by atoms with van der Waals surface area (Å²) in [4.78, 5) is 17.9. The predicted molar refractivity (Wildman–Crippen MR) is 85.3 cm³/mol. The van der Waals surface area contributed by atoms with Gasteiger partial charge in [0, 0.05) is 34.5 Å². The van der Waals surface area contributed by atoms with Crippen LogP contribution in [0.2, 0.25) is 0 Å². The van der Waals surface area contributed by atoms with Gasteiger partial charge >= 0.3 is 0 Å². The van der Waals surface area contributed by atoms with E-state index >= 15 is 0 Å². The van der Waals surface area contributed by atoms with Gasteiger partial charge in [0.15, 0.2) is 0 Å². The van der Waals surface area contributed by atoms with Crippen molar-refractivity contribution in [2.75, 3.05) is 11.6 Å². The van der Waals surface area contributed by atoms with Crippen molar-refractivity contribution in [2.24, 2.45) is 0 Å². The van der Waals surface area contributed by atoms with Crippen LogP contribution in [0.3, 0.4) is 0 Å². The molecule has 2 N–H and O–H groups in total. The first-order valence-electron chi connectivity index (χ1n) is 6.36. The molecular formula is C13H15N3OS3. The lowest BCUT2D eigenvalue weighted by molar-refractivity contribution is -0.123. The van der Waals surface area contributed by atoms with E-state index in [1.165, 1.54) is 4.88 Å². The predicted octanol–water partition coefficient (Wildman–Crippen LogP) is 2.27. The molecule has 2 atom stereocenters. The molecule has 0 spiro atoms. The monoisotopic (exact) mass is 325 g/mol. The molecule has 0 bridgehead atoms. The van der Waals surface area contributed by atoms with Crippen LogP contribution < -0.4 is 10.6 Å². The zero-order valence-electron chi connectivity index (χ0n) is 10.7. The highest BCUT2D eigenvalue weighted by Gasteiger charge is 2.26. The van der Waals surface area contributed by atoms with E-state index < -0.39 is 0 Å². The van der Waals surface area contributed by atoms with Gasteiger partial charge in [0.25, 0.3) is 0 Å². The number of carbonyl (C=O) groups is 1. The lowest BCUT2D eigenvalue weighted by Crippen LogP contribution is -2.43. The Morgan fingerprint density at radius 1 is 1.50 bits per heavy atom. The first kappa shape index (κ1) is 14.1. The Morgan fingerprint density at radius 3 is 3.10 bits per heavy atom. The lowest BCUT2D eigenvalue weighted by atomic mass is 10.1. The van der Waals surface area contributed by atoms with Gasteiger partial charge in [-0.05, 0) is 11.4 Å². The van der Waals surface area contributed by atoms with E-state index in [2.05, 4.69) is 27.1 Å². The summed E-state index contributed by atoms with van der Waals surface area (Å²) < 4.78 is 0. The molecule has 106 valence electrons. The number of nitrogens with one attached hydrogen (secondary N) is 2. The summed E-state index contributed by atoms with van der Waals surface area (Å²) in [5.74, 6) is 1.77. The van der Waals surface area contributed by atoms with Gasteiger partial charge < -0.3 is 5.32 Å². The molecule has 4 nitrogen and oxygen atoms in total. The third-order valence-electron chi connectivity index (χ3n) is 3.08. The van der Waals surface area contributed by atoms with Crippen LogP contribution in [0, 0.1) is 0 Å². The number of hydrogen-bond donors (Lipinski definition) is 2. The molecule has 7 heteroatoms. The first-order valence-corrected chi connectivity index (χ1v) is 9.27. The third kappa shape index (κ3) is 3.41. The van der Waals surface area contributed by atoms with E-state index in [9.17, 15) is 4.79 Å². The third-order valence-corrected chi connectivity index (χ3v) is 5.81. The lowest BCUT2D eigenvalue weighted by Gasteiger charge is -2.18. The Balaban J connectivity index is 1.70. The Hall–Kier alpha value is -0.890. The number of thioether (sulfide) groups is 1. The van der Waals surface area contributed by atoms with E-state index in [-0.39, 0.29) is 18.0 Å². The van der Waals surface area contributed by atoms with Gasteiger partial charge in [-0.3, -0.25) is 10.1 Å². The van der Waals surface area contributed by atoms with Crippen LogP contribution >= 0.6 is 34.4 Å². The Labute approximate surface area is 130 Å². The van der Waals surface area contributed by atoms with E-state index in [4.69, 9.17) is 0 Å². The van der Waals surface area contributed by atoms with Crippen molar-refractivity contribution < 1.29 is 4.79 Å². The number of amides is 1. The summed E-state index contributed by atoms with van der Waals surface area (Å²) in [6.45, 7) is 0. The quantitative estimate of drug-likeness (QED) is 0.885. The number of nitrogens with zero attached hydrogens (tertiary/aromatic N) is 1. The molecule has 0 unspecified atom stereocenters. The number of hydrogen-bond acceptors (Lipinski definition) is 6. The molecule has 1 aliphatic rings. The SMILES string of the molecule is O=C(N[C@@H](Cc1cccs1)c1nccs1)[C@H]1CSCN1. The molecule has 1 aliphatic heterocycles. The van der Waals surface area contributed by atoms with Crippen LogP contribution in [0.5, 0.6) is 0 Å². The van der Waals surface area contributed by atoms with Crippen molar-refractivity contribution in [1.82, 2.24) is 15.6 Å². The van der Waals surface area contributed by atoms with Gasteiger partial charge in [-0.25, -0.2) is 4.98 Å². The minimum absolute atomic E-state index is 0.0338. The molecule has 1 fully saturated rings. The minimum Gasteiger partial charge on any atom is -0.345 e. The van der Waals surface area contributed by atoms with Crippen LogP contribution in [0.1, 0.15) is 15.9 Å². The number of thiophene rings is 1. The minimum atomic E-state index is -0.0780. The summed E-state index contributed by atoms with van der Waals surface area (Å²) in [6, 6.07) is 4.02. The maximum Gasteiger partial charge on any atom is 0.238 e. The summed E-state index contributed by atoms with van der Waals surface area (Å²) in [5, 5.41) is 11.3. The number of carbonyl (C=O) groups excluding carboxylic acids is 1. The summed E-state index contributed by atoms with van der Waals surface area (Å²) in [7, 11) is 0. The molecule has 1 saturated heterocycles. The van der Waals surface area contributed by atoms with Gasteiger partial charge in [-0.1, -0.05) is 6.07 Å². The summed E-state index contributed by atoms with van der Waals surface area (Å²) in [5.41, 5.74) is 0. The van der Waals surface area contributed by atoms with Gasteiger partial charge in [0.2, 0.25) is 5.91 Å². The van der Waals surface area contributed by atoms with Crippen molar-refractivity contribution in [3.05, 3.63) is 39.0 Å². The second kappa shape index (κ2) is 6.71. The fraction of sp³-hybridized carbons (Fsp3) is 0.385. The maximum absolute atomic E-state index is 12.3. The molecule has 1 amide bonds. The Bertz CT molecular complexity index is 535. The van der Waals surface area contributed by atoms with E-state index in [0.717, 1.165) is 23.1 Å². The number of thiazole rings is 1. The summed E-state index contributed by atoms with van der Waals surface area (Å²) in [6.07, 6.45) is 2.59. The zero-order chi connectivity index (χ0) is 13.8. The van der Waals surface area contributed by atoms with E-state index in [1.807, 2.05) is 11.4 Å². The molecule has 0 aliphatic carbocycles. The Morgan fingerprint density at radius 2 is 2.45 bits per heavy atom. The maximum atomic E-state index is 12.3. The fourth-order valence-corrected chi connectivity index (χ4v) is 4.46. The number of rotatable bonds is 5. The molecule has 0 aromatic carbocycles. The molecule has 3 heterocycles. The molecule has 20 heavy (non-hydrogen) atoms. The standard InChI is InChI=1S/C13H15N3OS3/c17-12(11-7-18-8-15-11)16-10(13-14-3-5-20-13)6-9-2-1-4-19-9/h1-5,10-11,15H,6-8H2,(H,16,17)/t10-,11+/m0/s1. The topological polar surface area (TPSA) is 54.0 Å². The van der Waals surface area contributed by atoms with Gasteiger partial charge in [-0.15, -0.1) is 34.4 Å².